The van der Waals surface area contributed by atoms with Crippen molar-refractivity contribution in [1.29, 1.82) is 0 Å². The molecule has 0 atom stereocenters. The number of anilines is 1. The smallest absolute Gasteiger partial charge is 0.262 e. The second-order valence-corrected chi connectivity index (χ2v) is 5.65. The number of hydrogen-bond acceptors (Lipinski definition) is 2. The van der Waals surface area contributed by atoms with Gasteiger partial charge in [0.05, 0.1) is 12.7 Å². The maximum Gasteiger partial charge on any atom is 0.262 e. The average Bonchev–Trinajstić information content (AvgIpc) is 2.47. The first-order valence-corrected chi connectivity index (χ1v) is 7.58. The second kappa shape index (κ2) is 6.76. The van der Waals surface area contributed by atoms with Crippen molar-refractivity contribution in [3.8, 4) is 5.75 Å². The molecule has 0 aliphatic carbocycles. The highest BCUT2D eigenvalue weighted by atomic mass is 79.9. The van der Waals surface area contributed by atoms with Gasteiger partial charge in [-0.05, 0) is 49.7 Å². The van der Waals surface area contributed by atoms with Crippen molar-refractivity contribution in [3.63, 3.8) is 0 Å². The van der Waals surface area contributed by atoms with E-state index in [1.807, 2.05) is 44.2 Å². The third kappa shape index (κ3) is 3.45. The normalized spacial score (nSPS) is 10.3. The van der Waals surface area contributed by atoms with Crippen LogP contribution in [0, 0.1) is 6.92 Å². The molecule has 4 heteroatoms. The average molecular weight is 348 g/mol. The number of halogens is 1. The van der Waals surface area contributed by atoms with E-state index >= 15 is 0 Å². The molecule has 110 valence electrons. The second-order valence-electron chi connectivity index (χ2n) is 4.73. The Bertz CT molecular complexity index is 655. The summed E-state index contributed by atoms with van der Waals surface area (Å²) in [6.07, 6.45) is 0. The van der Waals surface area contributed by atoms with Gasteiger partial charge < -0.3 is 9.64 Å². The van der Waals surface area contributed by atoms with E-state index in [1.54, 1.807) is 24.1 Å². The minimum Gasteiger partial charge on any atom is -0.496 e. The molecule has 0 heterocycles. The Kier molecular flexibility index (Phi) is 5.02. The standard InChI is InChI=1S/C17H18BrNO2/c1-4-19(14-7-5-6-12(2)10-14)17(20)15-9-8-13(18)11-16(15)21-3/h5-11H,4H2,1-3H3. The zero-order chi connectivity index (χ0) is 15.4. The van der Waals surface area contributed by atoms with Crippen LogP contribution in [0.15, 0.2) is 46.9 Å². The van der Waals surface area contributed by atoms with Gasteiger partial charge in [-0.3, -0.25) is 4.79 Å². The van der Waals surface area contributed by atoms with Crippen molar-refractivity contribution >= 4 is 27.5 Å². The van der Waals surface area contributed by atoms with Crippen LogP contribution >= 0.6 is 15.9 Å². The number of rotatable bonds is 4. The number of carbonyl (C=O) groups excluding carboxylic acids is 1. The number of carbonyl (C=O) groups is 1. The first-order valence-electron chi connectivity index (χ1n) is 6.79. The number of amides is 1. The van der Waals surface area contributed by atoms with Gasteiger partial charge in [0.15, 0.2) is 0 Å². The summed E-state index contributed by atoms with van der Waals surface area (Å²) in [6, 6.07) is 13.4. The Morgan fingerprint density at radius 1 is 1.24 bits per heavy atom. The quantitative estimate of drug-likeness (QED) is 0.818. The number of nitrogens with zero attached hydrogens (tertiary/aromatic N) is 1. The summed E-state index contributed by atoms with van der Waals surface area (Å²) in [5, 5.41) is 0. The summed E-state index contributed by atoms with van der Waals surface area (Å²) in [6.45, 7) is 4.58. The monoisotopic (exact) mass is 347 g/mol. The molecule has 2 rings (SSSR count). The zero-order valence-electron chi connectivity index (χ0n) is 12.4. The van der Waals surface area contributed by atoms with Gasteiger partial charge in [0, 0.05) is 16.7 Å². The van der Waals surface area contributed by atoms with E-state index in [-0.39, 0.29) is 5.91 Å². The maximum absolute atomic E-state index is 12.8. The van der Waals surface area contributed by atoms with E-state index in [0.717, 1.165) is 15.7 Å². The first kappa shape index (κ1) is 15.6. The third-order valence-corrected chi connectivity index (χ3v) is 3.76. The van der Waals surface area contributed by atoms with E-state index in [0.29, 0.717) is 17.9 Å². The van der Waals surface area contributed by atoms with Crippen molar-refractivity contribution in [2.75, 3.05) is 18.6 Å². The molecule has 0 spiro atoms. The van der Waals surface area contributed by atoms with Crippen LogP contribution in [0.4, 0.5) is 5.69 Å². The van der Waals surface area contributed by atoms with E-state index in [2.05, 4.69) is 15.9 Å². The van der Waals surface area contributed by atoms with Crippen LogP contribution in [0.3, 0.4) is 0 Å². The van der Waals surface area contributed by atoms with Crippen LogP contribution in [0.5, 0.6) is 5.75 Å². The molecule has 0 radical (unpaired) electrons. The molecular formula is C17H18BrNO2. The van der Waals surface area contributed by atoms with E-state index in [1.165, 1.54) is 0 Å². The SMILES string of the molecule is CCN(C(=O)c1ccc(Br)cc1OC)c1cccc(C)c1. The lowest BCUT2D eigenvalue weighted by Crippen LogP contribution is -2.31. The van der Waals surface area contributed by atoms with Gasteiger partial charge >= 0.3 is 0 Å². The van der Waals surface area contributed by atoms with E-state index in [9.17, 15) is 4.79 Å². The predicted molar refractivity (Wildman–Crippen MR) is 89.2 cm³/mol. The van der Waals surface area contributed by atoms with Gasteiger partial charge in [-0.15, -0.1) is 0 Å². The minimum absolute atomic E-state index is 0.0625. The van der Waals surface area contributed by atoms with Crippen molar-refractivity contribution in [2.24, 2.45) is 0 Å². The number of methoxy groups -OCH3 is 1. The molecule has 21 heavy (non-hydrogen) atoms. The van der Waals surface area contributed by atoms with Crippen LogP contribution in [-0.2, 0) is 0 Å². The summed E-state index contributed by atoms with van der Waals surface area (Å²) >= 11 is 3.39. The van der Waals surface area contributed by atoms with Crippen molar-refractivity contribution in [3.05, 3.63) is 58.1 Å². The summed E-state index contributed by atoms with van der Waals surface area (Å²) in [4.78, 5) is 14.6. The molecule has 0 unspecified atom stereocenters. The number of ether oxygens (including phenoxy) is 1. The molecule has 0 aromatic heterocycles. The molecule has 3 nitrogen and oxygen atoms in total. The maximum atomic E-state index is 12.8. The first-order chi connectivity index (χ1) is 10.1. The van der Waals surface area contributed by atoms with Gasteiger partial charge in [0.1, 0.15) is 5.75 Å². The largest absolute Gasteiger partial charge is 0.496 e. The molecule has 0 fully saturated rings. The summed E-state index contributed by atoms with van der Waals surface area (Å²) in [5.41, 5.74) is 2.58. The Labute approximate surface area is 133 Å². The number of benzene rings is 2. The minimum atomic E-state index is -0.0625. The van der Waals surface area contributed by atoms with Crippen LogP contribution in [0.1, 0.15) is 22.8 Å². The summed E-state index contributed by atoms with van der Waals surface area (Å²) in [7, 11) is 1.57. The number of aryl methyl sites for hydroxylation is 1. The Balaban J connectivity index is 2.41. The van der Waals surface area contributed by atoms with Crippen LogP contribution in [0.25, 0.3) is 0 Å². The van der Waals surface area contributed by atoms with Crippen molar-refractivity contribution < 1.29 is 9.53 Å². The lowest BCUT2D eigenvalue weighted by Gasteiger charge is -2.22. The summed E-state index contributed by atoms with van der Waals surface area (Å²) in [5.74, 6) is 0.507. The number of hydrogen-bond donors (Lipinski definition) is 0. The lowest BCUT2D eigenvalue weighted by atomic mass is 10.1. The molecule has 0 aliphatic rings. The Morgan fingerprint density at radius 3 is 2.62 bits per heavy atom. The van der Waals surface area contributed by atoms with E-state index < -0.39 is 0 Å². The molecule has 0 saturated heterocycles. The van der Waals surface area contributed by atoms with Crippen molar-refractivity contribution in [1.82, 2.24) is 0 Å². The summed E-state index contributed by atoms with van der Waals surface area (Å²) < 4.78 is 6.21. The zero-order valence-corrected chi connectivity index (χ0v) is 14.0. The van der Waals surface area contributed by atoms with Gasteiger partial charge in [0.25, 0.3) is 5.91 Å². The predicted octanol–water partition coefficient (Wildman–Crippen LogP) is 4.43. The van der Waals surface area contributed by atoms with Gasteiger partial charge in [-0.25, -0.2) is 0 Å². The fourth-order valence-electron chi connectivity index (χ4n) is 2.23. The molecular weight excluding hydrogens is 330 g/mol. The fourth-order valence-corrected chi connectivity index (χ4v) is 2.57. The van der Waals surface area contributed by atoms with Crippen LogP contribution < -0.4 is 9.64 Å². The molecule has 0 bridgehead atoms. The Morgan fingerprint density at radius 2 is 2.00 bits per heavy atom. The molecule has 2 aromatic rings. The highest BCUT2D eigenvalue weighted by Gasteiger charge is 2.20. The molecule has 2 aromatic carbocycles. The molecule has 0 aliphatic heterocycles. The van der Waals surface area contributed by atoms with Gasteiger partial charge in [-0.2, -0.15) is 0 Å². The Hall–Kier alpha value is -1.81. The fraction of sp³-hybridized carbons (Fsp3) is 0.235. The highest BCUT2D eigenvalue weighted by molar-refractivity contribution is 9.10. The van der Waals surface area contributed by atoms with Gasteiger partial charge in [-0.1, -0.05) is 28.1 Å². The molecule has 0 saturated carbocycles. The third-order valence-electron chi connectivity index (χ3n) is 3.27. The lowest BCUT2D eigenvalue weighted by molar-refractivity contribution is 0.0985. The topological polar surface area (TPSA) is 29.5 Å². The van der Waals surface area contributed by atoms with Gasteiger partial charge in [0.2, 0.25) is 0 Å². The highest BCUT2D eigenvalue weighted by Crippen LogP contribution is 2.27. The van der Waals surface area contributed by atoms with Crippen LogP contribution in [0.2, 0.25) is 0 Å². The molecule has 0 N–H and O–H groups in total. The van der Waals surface area contributed by atoms with E-state index in [4.69, 9.17) is 4.74 Å². The molecule has 1 amide bonds. The van der Waals surface area contributed by atoms with Crippen LogP contribution in [-0.4, -0.2) is 19.6 Å². The van der Waals surface area contributed by atoms with Crippen molar-refractivity contribution in [2.45, 2.75) is 13.8 Å².